The van der Waals surface area contributed by atoms with E-state index in [0.29, 0.717) is 11.5 Å². The second kappa shape index (κ2) is 6.19. The molecule has 19 heavy (non-hydrogen) atoms. The first-order valence-corrected chi connectivity index (χ1v) is 8.31. The fourth-order valence-corrected chi connectivity index (χ4v) is 4.22. The van der Waals surface area contributed by atoms with Gasteiger partial charge < -0.3 is 0 Å². The van der Waals surface area contributed by atoms with Crippen molar-refractivity contribution in [1.29, 1.82) is 0 Å². The Morgan fingerprint density at radius 1 is 1.05 bits per heavy atom. The monoisotopic (exact) mass is 367 g/mol. The second-order valence-electron chi connectivity index (χ2n) is 4.59. The SMILES string of the molecule is CC(C)c1ccc([I-]c2ccccc2C(=O)O)cc1. The first-order chi connectivity index (χ1) is 9.08. The zero-order valence-electron chi connectivity index (χ0n) is 10.9. The third kappa shape index (κ3) is 3.56. The Bertz CT molecular complexity index is 574. The van der Waals surface area contributed by atoms with E-state index in [1.807, 2.05) is 12.1 Å². The van der Waals surface area contributed by atoms with Crippen LogP contribution in [-0.2, 0) is 0 Å². The van der Waals surface area contributed by atoms with Crippen LogP contribution in [0.15, 0.2) is 48.5 Å². The first-order valence-electron chi connectivity index (χ1n) is 6.15. The van der Waals surface area contributed by atoms with Crippen LogP contribution in [0.1, 0.15) is 35.7 Å². The molecule has 0 unspecified atom stereocenters. The van der Waals surface area contributed by atoms with E-state index in [0.717, 1.165) is 3.57 Å². The Kier molecular flexibility index (Phi) is 4.58. The molecule has 0 aliphatic carbocycles. The molecule has 0 radical (unpaired) electrons. The zero-order chi connectivity index (χ0) is 13.8. The van der Waals surface area contributed by atoms with Crippen molar-refractivity contribution in [3.8, 4) is 0 Å². The summed E-state index contributed by atoms with van der Waals surface area (Å²) in [6.45, 7) is 4.34. The molecule has 2 rings (SSSR count). The molecule has 0 aromatic heterocycles. The summed E-state index contributed by atoms with van der Waals surface area (Å²) < 4.78 is 2.21. The van der Waals surface area contributed by atoms with Gasteiger partial charge in [0.25, 0.3) is 0 Å². The standard InChI is InChI=1S/C16H16IO2/c1-11(2)12-7-9-13(10-8-12)17-15-6-4-3-5-14(15)16(18)19/h3-11H,1-2H3,(H,18,19)/q-1. The number of aromatic carboxylic acids is 1. The van der Waals surface area contributed by atoms with Crippen LogP contribution in [0.4, 0.5) is 0 Å². The predicted molar refractivity (Wildman–Crippen MR) is 71.3 cm³/mol. The van der Waals surface area contributed by atoms with Gasteiger partial charge in [-0.05, 0) is 0 Å². The van der Waals surface area contributed by atoms with Gasteiger partial charge in [-0.3, -0.25) is 0 Å². The number of rotatable bonds is 4. The van der Waals surface area contributed by atoms with E-state index in [4.69, 9.17) is 0 Å². The van der Waals surface area contributed by atoms with Gasteiger partial charge in [0.1, 0.15) is 0 Å². The van der Waals surface area contributed by atoms with Gasteiger partial charge >= 0.3 is 124 Å². The average Bonchev–Trinajstić information content (AvgIpc) is 2.39. The Morgan fingerprint density at radius 2 is 1.68 bits per heavy atom. The van der Waals surface area contributed by atoms with Gasteiger partial charge in [0.05, 0.1) is 0 Å². The number of halogens is 1. The predicted octanol–water partition coefficient (Wildman–Crippen LogP) is 0.637. The number of carbonyl (C=O) groups is 1. The van der Waals surface area contributed by atoms with Gasteiger partial charge in [-0.15, -0.1) is 0 Å². The topological polar surface area (TPSA) is 37.3 Å². The van der Waals surface area contributed by atoms with Crippen molar-refractivity contribution in [2.45, 2.75) is 19.8 Å². The first kappa shape index (κ1) is 14.1. The molecule has 0 bridgehead atoms. The molecule has 100 valence electrons. The van der Waals surface area contributed by atoms with Gasteiger partial charge in [0.2, 0.25) is 0 Å². The Labute approximate surface area is 123 Å². The number of benzene rings is 2. The summed E-state index contributed by atoms with van der Waals surface area (Å²) in [4.78, 5) is 11.2. The third-order valence-electron chi connectivity index (χ3n) is 2.85. The Balaban J connectivity index is 2.24. The molecule has 2 nitrogen and oxygen atoms in total. The number of carboxylic acids is 1. The van der Waals surface area contributed by atoms with E-state index in [-0.39, 0.29) is 0 Å². The van der Waals surface area contributed by atoms with Crippen LogP contribution in [0, 0.1) is 7.14 Å². The Morgan fingerprint density at radius 3 is 2.26 bits per heavy atom. The van der Waals surface area contributed by atoms with Gasteiger partial charge in [0.15, 0.2) is 0 Å². The quantitative estimate of drug-likeness (QED) is 0.806. The van der Waals surface area contributed by atoms with Crippen molar-refractivity contribution in [2.75, 3.05) is 0 Å². The van der Waals surface area contributed by atoms with E-state index < -0.39 is 27.2 Å². The van der Waals surface area contributed by atoms with E-state index in [1.165, 1.54) is 9.13 Å². The van der Waals surface area contributed by atoms with Crippen LogP contribution in [0.5, 0.6) is 0 Å². The fraction of sp³-hybridized carbons (Fsp3) is 0.188. The number of hydrogen-bond donors (Lipinski definition) is 1. The molecule has 0 aliphatic rings. The van der Waals surface area contributed by atoms with E-state index in [9.17, 15) is 9.90 Å². The van der Waals surface area contributed by atoms with Crippen LogP contribution in [-0.4, -0.2) is 11.1 Å². The molecular formula is C16H16IO2-. The van der Waals surface area contributed by atoms with Gasteiger partial charge in [-0.25, -0.2) is 0 Å². The van der Waals surface area contributed by atoms with Crippen LogP contribution >= 0.6 is 0 Å². The van der Waals surface area contributed by atoms with Crippen molar-refractivity contribution >= 4 is 5.97 Å². The molecule has 0 atom stereocenters. The summed E-state index contributed by atoms with van der Waals surface area (Å²) >= 11 is -0.440. The Hall–Kier alpha value is -1.36. The van der Waals surface area contributed by atoms with Crippen LogP contribution in [0.3, 0.4) is 0 Å². The molecule has 1 N–H and O–H groups in total. The average molecular weight is 367 g/mol. The minimum atomic E-state index is -0.839. The molecule has 0 fully saturated rings. The molecule has 3 heteroatoms. The van der Waals surface area contributed by atoms with Crippen molar-refractivity contribution in [3.63, 3.8) is 0 Å². The van der Waals surface area contributed by atoms with Crippen LogP contribution in [0.2, 0.25) is 0 Å². The molecule has 0 saturated carbocycles. The van der Waals surface area contributed by atoms with Crippen molar-refractivity contribution in [2.24, 2.45) is 0 Å². The summed E-state index contributed by atoms with van der Waals surface area (Å²) in [7, 11) is 0. The van der Waals surface area contributed by atoms with E-state index >= 15 is 0 Å². The molecule has 2 aromatic rings. The molecule has 2 aromatic carbocycles. The van der Waals surface area contributed by atoms with E-state index in [2.05, 4.69) is 38.1 Å². The second-order valence-corrected chi connectivity index (χ2v) is 7.53. The normalized spacial score (nSPS) is 10.9. The molecule has 0 spiro atoms. The van der Waals surface area contributed by atoms with Gasteiger partial charge in [0, 0.05) is 0 Å². The molecular weight excluding hydrogens is 351 g/mol. The summed E-state index contributed by atoms with van der Waals surface area (Å²) in [5, 5.41) is 9.18. The number of carboxylic acid groups (broad SMARTS) is 1. The zero-order valence-corrected chi connectivity index (χ0v) is 13.1. The summed E-state index contributed by atoms with van der Waals surface area (Å²) in [5.74, 6) is -0.312. The third-order valence-corrected chi connectivity index (χ3v) is 5.72. The van der Waals surface area contributed by atoms with Crippen LogP contribution < -0.4 is 21.2 Å². The maximum absolute atomic E-state index is 11.2. The molecule has 0 saturated heterocycles. The van der Waals surface area contributed by atoms with Crippen molar-refractivity contribution in [3.05, 3.63) is 66.8 Å². The minimum absolute atomic E-state index is 0.434. The summed E-state index contributed by atoms with van der Waals surface area (Å²) in [6, 6.07) is 15.8. The van der Waals surface area contributed by atoms with Crippen molar-refractivity contribution in [1.82, 2.24) is 0 Å². The van der Waals surface area contributed by atoms with Gasteiger partial charge in [-0.1, -0.05) is 0 Å². The van der Waals surface area contributed by atoms with E-state index in [1.54, 1.807) is 12.1 Å². The van der Waals surface area contributed by atoms with Crippen LogP contribution in [0.25, 0.3) is 0 Å². The molecule has 0 heterocycles. The summed E-state index contributed by atoms with van der Waals surface area (Å²) in [6.07, 6.45) is 0. The van der Waals surface area contributed by atoms with Gasteiger partial charge in [-0.2, -0.15) is 0 Å². The fourth-order valence-electron chi connectivity index (χ4n) is 1.75. The molecule has 0 aliphatic heterocycles. The number of hydrogen-bond acceptors (Lipinski definition) is 1. The maximum atomic E-state index is 11.2. The van der Waals surface area contributed by atoms with Crippen molar-refractivity contribution < 1.29 is 31.1 Å². The molecule has 0 amide bonds. The summed E-state index contributed by atoms with van der Waals surface area (Å²) in [5.41, 5.74) is 1.75.